The summed E-state index contributed by atoms with van der Waals surface area (Å²) in [4.78, 5) is 26.1. The summed E-state index contributed by atoms with van der Waals surface area (Å²) in [6, 6.07) is 10.4. The highest BCUT2D eigenvalue weighted by Crippen LogP contribution is 2.36. The van der Waals surface area contributed by atoms with E-state index in [0.717, 1.165) is 6.07 Å². The molecule has 0 radical (unpaired) electrons. The number of hydrogen-bond donors (Lipinski definition) is 1. The molecule has 0 aromatic heterocycles. The van der Waals surface area contributed by atoms with Gasteiger partial charge in [-0.25, -0.2) is 4.39 Å². The lowest BCUT2D eigenvalue weighted by Gasteiger charge is -2.32. The molecule has 1 N–H and O–H groups in total. The lowest BCUT2D eigenvalue weighted by molar-refractivity contribution is -0.125. The minimum atomic E-state index is -0.583. The van der Waals surface area contributed by atoms with Gasteiger partial charge in [-0.1, -0.05) is 12.1 Å². The maximum absolute atomic E-state index is 13.3. The summed E-state index contributed by atoms with van der Waals surface area (Å²) in [6.07, 6.45) is 1.04. The molecule has 2 aromatic carbocycles. The Morgan fingerprint density at radius 1 is 1.36 bits per heavy atom. The summed E-state index contributed by atoms with van der Waals surface area (Å²) >= 11 is 0. The molecule has 0 saturated carbocycles. The van der Waals surface area contributed by atoms with Crippen molar-refractivity contribution in [2.75, 3.05) is 16.8 Å². The summed E-state index contributed by atoms with van der Waals surface area (Å²) in [7, 11) is 0. The van der Waals surface area contributed by atoms with Gasteiger partial charge in [-0.05, 0) is 43.3 Å². The largest absolute Gasteiger partial charge is 0.479 e. The van der Waals surface area contributed by atoms with E-state index in [1.165, 1.54) is 18.2 Å². The molecule has 128 valence electrons. The van der Waals surface area contributed by atoms with Gasteiger partial charge in [0.2, 0.25) is 0 Å². The molecule has 1 unspecified atom stereocenters. The monoisotopic (exact) mass is 340 g/mol. The average Bonchev–Trinajstić information content (AvgIpc) is 2.59. The highest BCUT2D eigenvalue weighted by Gasteiger charge is 2.31. The summed E-state index contributed by atoms with van der Waals surface area (Å²) in [5, 5.41) is 2.70. The van der Waals surface area contributed by atoms with Gasteiger partial charge in [-0.3, -0.25) is 9.59 Å². The van der Waals surface area contributed by atoms with Crippen molar-refractivity contribution in [3.8, 4) is 5.75 Å². The van der Waals surface area contributed by atoms with Crippen LogP contribution in [0, 0.1) is 5.82 Å². The predicted molar refractivity (Wildman–Crippen MR) is 93.4 cm³/mol. The van der Waals surface area contributed by atoms with Gasteiger partial charge in [0.15, 0.2) is 6.10 Å². The van der Waals surface area contributed by atoms with Crippen molar-refractivity contribution >= 4 is 23.2 Å². The van der Waals surface area contributed by atoms with Crippen LogP contribution in [-0.4, -0.2) is 24.5 Å². The number of benzene rings is 2. The van der Waals surface area contributed by atoms with E-state index in [1.807, 2.05) is 0 Å². The second-order valence-electron chi connectivity index (χ2n) is 5.64. The summed E-state index contributed by atoms with van der Waals surface area (Å²) in [6.45, 7) is 5.68. The number of nitrogens with one attached hydrogen (secondary N) is 1. The number of anilines is 2. The van der Waals surface area contributed by atoms with Crippen molar-refractivity contribution in [1.29, 1.82) is 0 Å². The fourth-order valence-corrected chi connectivity index (χ4v) is 2.64. The van der Waals surface area contributed by atoms with Crippen LogP contribution in [0.3, 0.4) is 0 Å². The normalized spacial score (nSPS) is 16.0. The molecule has 25 heavy (non-hydrogen) atoms. The van der Waals surface area contributed by atoms with Crippen molar-refractivity contribution in [3.05, 3.63) is 66.5 Å². The zero-order chi connectivity index (χ0) is 18.0. The molecule has 0 bridgehead atoms. The molecular weight excluding hydrogens is 323 g/mol. The van der Waals surface area contributed by atoms with Crippen molar-refractivity contribution < 1.29 is 18.7 Å². The molecule has 0 spiro atoms. The minimum Gasteiger partial charge on any atom is -0.479 e. The van der Waals surface area contributed by atoms with Crippen LogP contribution in [0.25, 0.3) is 0 Å². The van der Waals surface area contributed by atoms with Gasteiger partial charge in [0.05, 0.1) is 5.69 Å². The Hall–Kier alpha value is -3.15. The molecule has 3 rings (SSSR count). The van der Waals surface area contributed by atoms with Crippen LogP contribution in [-0.2, 0) is 4.79 Å². The topological polar surface area (TPSA) is 58.6 Å². The van der Waals surface area contributed by atoms with Gasteiger partial charge in [0, 0.05) is 17.8 Å². The molecule has 1 heterocycles. The first-order valence-corrected chi connectivity index (χ1v) is 7.79. The quantitative estimate of drug-likeness (QED) is 0.868. The first kappa shape index (κ1) is 16.7. The first-order chi connectivity index (χ1) is 12.0. The van der Waals surface area contributed by atoms with Gasteiger partial charge in [0.1, 0.15) is 11.6 Å². The lowest BCUT2D eigenvalue weighted by atomic mass is 10.1. The number of fused-ring (bicyclic) bond motifs is 1. The Bertz CT molecular complexity index is 850. The molecule has 0 saturated heterocycles. The number of halogens is 1. The van der Waals surface area contributed by atoms with Crippen LogP contribution < -0.4 is 15.0 Å². The third kappa shape index (κ3) is 3.38. The number of ether oxygens (including phenoxy) is 1. The molecule has 0 aliphatic carbocycles. The minimum absolute atomic E-state index is 0.180. The van der Waals surface area contributed by atoms with E-state index in [9.17, 15) is 14.0 Å². The summed E-state index contributed by atoms with van der Waals surface area (Å²) in [5.74, 6) is -0.548. The van der Waals surface area contributed by atoms with Crippen molar-refractivity contribution in [1.82, 2.24) is 0 Å². The Morgan fingerprint density at radius 2 is 2.16 bits per heavy atom. The average molecular weight is 340 g/mol. The Morgan fingerprint density at radius 3 is 2.88 bits per heavy atom. The molecule has 1 atom stereocenters. The van der Waals surface area contributed by atoms with Crippen LogP contribution >= 0.6 is 0 Å². The van der Waals surface area contributed by atoms with E-state index in [0.29, 0.717) is 23.7 Å². The summed E-state index contributed by atoms with van der Waals surface area (Å²) < 4.78 is 18.9. The Balaban J connectivity index is 1.88. The fraction of sp³-hybridized carbons (Fsp3) is 0.158. The van der Waals surface area contributed by atoms with Crippen LogP contribution in [0.2, 0.25) is 0 Å². The second-order valence-corrected chi connectivity index (χ2v) is 5.64. The van der Waals surface area contributed by atoms with E-state index in [4.69, 9.17) is 4.74 Å². The van der Waals surface area contributed by atoms with Gasteiger partial charge in [-0.15, -0.1) is 6.58 Å². The molecule has 6 heteroatoms. The molecule has 2 aromatic rings. The van der Waals surface area contributed by atoms with Gasteiger partial charge < -0.3 is 15.0 Å². The highest BCUT2D eigenvalue weighted by atomic mass is 19.1. The number of rotatable bonds is 4. The number of nitrogens with zero attached hydrogens (tertiary/aromatic N) is 1. The van der Waals surface area contributed by atoms with Crippen molar-refractivity contribution in [2.45, 2.75) is 13.0 Å². The number of hydrogen-bond acceptors (Lipinski definition) is 3. The molecule has 0 fully saturated rings. The third-order valence-electron chi connectivity index (χ3n) is 3.82. The molecule has 1 aliphatic rings. The SMILES string of the molecule is C=CCN1C(=O)C(C)Oc2ccc(NC(=O)c3cccc(F)c3)cc21. The number of amides is 2. The Labute approximate surface area is 144 Å². The van der Waals surface area contributed by atoms with Gasteiger partial charge in [-0.2, -0.15) is 0 Å². The van der Waals surface area contributed by atoms with Crippen LogP contribution in [0.15, 0.2) is 55.1 Å². The van der Waals surface area contributed by atoms with Crippen LogP contribution in [0.4, 0.5) is 15.8 Å². The zero-order valence-electron chi connectivity index (χ0n) is 13.7. The summed E-state index contributed by atoms with van der Waals surface area (Å²) in [5.41, 5.74) is 1.25. The molecule has 2 amide bonds. The first-order valence-electron chi connectivity index (χ1n) is 7.79. The maximum atomic E-state index is 13.3. The van der Waals surface area contributed by atoms with E-state index < -0.39 is 17.8 Å². The molecule has 1 aliphatic heterocycles. The zero-order valence-corrected chi connectivity index (χ0v) is 13.7. The van der Waals surface area contributed by atoms with Crippen LogP contribution in [0.1, 0.15) is 17.3 Å². The van der Waals surface area contributed by atoms with Crippen molar-refractivity contribution in [2.24, 2.45) is 0 Å². The fourth-order valence-electron chi connectivity index (χ4n) is 2.64. The third-order valence-corrected chi connectivity index (χ3v) is 3.82. The van der Waals surface area contributed by atoms with Gasteiger partial charge in [0.25, 0.3) is 11.8 Å². The van der Waals surface area contributed by atoms with E-state index in [2.05, 4.69) is 11.9 Å². The number of carbonyl (C=O) groups excluding carboxylic acids is 2. The standard InChI is InChI=1S/C19H17FN2O3/c1-3-9-22-16-11-15(7-8-17(16)25-12(2)19(22)24)21-18(23)13-5-4-6-14(20)10-13/h3-8,10-12H,1,9H2,2H3,(H,21,23). The van der Waals surface area contributed by atoms with E-state index >= 15 is 0 Å². The second kappa shape index (κ2) is 6.76. The number of carbonyl (C=O) groups is 2. The van der Waals surface area contributed by atoms with E-state index in [-0.39, 0.29) is 11.5 Å². The van der Waals surface area contributed by atoms with E-state index in [1.54, 1.807) is 36.1 Å². The maximum Gasteiger partial charge on any atom is 0.268 e. The lowest BCUT2D eigenvalue weighted by Crippen LogP contribution is -2.44. The van der Waals surface area contributed by atoms with Crippen LogP contribution in [0.5, 0.6) is 5.75 Å². The molecule has 5 nitrogen and oxygen atoms in total. The highest BCUT2D eigenvalue weighted by molar-refractivity contribution is 6.05. The van der Waals surface area contributed by atoms with Crippen molar-refractivity contribution in [3.63, 3.8) is 0 Å². The predicted octanol–water partition coefficient (Wildman–Crippen LogP) is 3.38. The van der Waals surface area contributed by atoms with Gasteiger partial charge >= 0.3 is 0 Å². The molecular formula is C19H17FN2O3. The smallest absolute Gasteiger partial charge is 0.268 e. The Kier molecular flexibility index (Phi) is 4.52.